The van der Waals surface area contributed by atoms with E-state index in [1.54, 1.807) is 0 Å². The van der Waals surface area contributed by atoms with Crippen LogP contribution in [-0.2, 0) is 24.6 Å². The third-order valence-electron chi connectivity index (χ3n) is 4.18. The molecule has 6 heteroatoms. The van der Waals surface area contributed by atoms with E-state index in [1.165, 1.54) is 4.68 Å². The molecule has 0 aliphatic carbocycles. The molecule has 0 amide bonds. The van der Waals surface area contributed by atoms with Gasteiger partial charge in [-0.25, -0.2) is 4.68 Å². The van der Waals surface area contributed by atoms with Crippen molar-refractivity contribution in [1.29, 1.82) is 0 Å². The molecule has 1 aromatic heterocycles. The lowest BCUT2D eigenvalue weighted by Crippen LogP contribution is -2.25. The summed E-state index contributed by atoms with van der Waals surface area (Å²) in [6.07, 6.45) is -3.89. The number of nitrogens with zero attached hydrogens (tertiary/aromatic N) is 2. The van der Waals surface area contributed by atoms with E-state index in [9.17, 15) is 13.2 Å². The molecular formula is C17H20F3N3. The van der Waals surface area contributed by atoms with Crippen LogP contribution in [0.5, 0.6) is 0 Å². The molecule has 1 aliphatic heterocycles. The highest BCUT2D eigenvalue weighted by molar-refractivity contribution is 5.42. The molecule has 0 unspecified atom stereocenters. The second-order valence-corrected chi connectivity index (χ2v) is 6.91. The van der Waals surface area contributed by atoms with Gasteiger partial charge in [0, 0.05) is 25.1 Å². The number of hydrogen-bond donors (Lipinski definition) is 1. The molecule has 0 radical (unpaired) electrons. The Kier molecular flexibility index (Phi) is 3.75. The predicted octanol–water partition coefficient (Wildman–Crippen LogP) is 3.83. The maximum absolute atomic E-state index is 13.2. The Bertz CT molecular complexity index is 706. The fourth-order valence-electron chi connectivity index (χ4n) is 2.89. The molecule has 1 aliphatic rings. The summed E-state index contributed by atoms with van der Waals surface area (Å²) < 4.78 is 41.1. The average molecular weight is 323 g/mol. The molecule has 3 rings (SSSR count). The van der Waals surface area contributed by atoms with Gasteiger partial charge in [0.15, 0.2) is 5.69 Å². The van der Waals surface area contributed by atoms with E-state index in [1.807, 2.05) is 24.3 Å². The molecule has 3 nitrogen and oxygen atoms in total. The Morgan fingerprint density at radius 1 is 1.09 bits per heavy atom. The molecule has 2 aromatic rings. The summed E-state index contributed by atoms with van der Waals surface area (Å²) in [5.41, 5.74) is 1.96. The minimum absolute atomic E-state index is 0.00310. The van der Waals surface area contributed by atoms with Crippen LogP contribution in [0.3, 0.4) is 0 Å². The van der Waals surface area contributed by atoms with Crippen molar-refractivity contribution in [2.45, 2.75) is 45.3 Å². The van der Waals surface area contributed by atoms with E-state index < -0.39 is 11.9 Å². The van der Waals surface area contributed by atoms with E-state index in [4.69, 9.17) is 0 Å². The van der Waals surface area contributed by atoms with Crippen LogP contribution in [0, 0.1) is 0 Å². The fourth-order valence-corrected chi connectivity index (χ4v) is 2.89. The predicted molar refractivity (Wildman–Crippen MR) is 82.7 cm³/mol. The first-order valence-corrected chi connectivity index (χ1v) is 7.67. The normalized spacial score (nSPS) is 15.6. The van der Waals surface area contributed by atoms with E-state index in [2.05, 4.69) is 31.2 Å². The summed E-state index contributed by atoms with van der Waals surface area (Å²) in [6, 6.07) is 7.60. The molecule has 0 bridgehead atoms. The number of alkyl halides is 3. The van der Waals surface area contributed by atoms with Gasteiger partial charge in [-0.3, -0.25) is 0 Å². The maximum Gasteiger partial charge on any atom is 0.435 e. The van der Waals surface area contributed by atoms with Crippen molar-refractivity contribution >= 4 is 0 Å². The zero-order valence-electron chi connectivity index (χ0n) is 13.5. The van der Waals surface area contributed by atoms with Crippen molar-refractivity contribution in [2.24, 2.45) is 0 Å². The highest BCUT2D eigenvalue weighted by Crippen LogP contribution is 2.35. The molecule has 2 heterocycles. The van der Waals surface area contributed by atoms with Gasteiger partial charge in [-0.2, -0.15) is 18.3 Å². The minimum atomic E-state index is -4.43. The van der Waals surface area contributed by atoms with Crippen molar-refractivity contribution in [3.63, 3.8) is 0 Å². The Morgan fingerprint density at radius 3 is 2.30 bits per heavy atom. The lowest BCUT2D eigenvalue weighted by atomic mass is 9.87. The van der Waals surface area contributed by atoms with E-state index in [-0.39, 0.29) is 17.5 Å². The SMILES string of the molecule is CC(C)(C)c1ccc(-n2nc(C(F)(F)F)c3c2CCNC3)cc1. The quantitative estimate of drug-likeness (QED) is 0.864. The van der Waals surface area contributed by atoms with Gasteiger partial charge in [0.05, 0.1) is 11.4 Å². The first-order chi connectivity index (χ1) is 10.7. The first-order valence-electron chi connectivity index (χ1n) is 7.67. The number of nitrogens with one attached hydrogen (secondary N) is 1. The fraction of sp³-hybridized carbons (Fsp3) is 0.471. The number of fused-ring (bicyclic) bond motifs is 1. The number of hydrogen-bond acceptors (Lipinski definition) is 2. The molecule has 1 N–H and O–H groups in total. The van der Waals surface area contributed by atoms with Gasteiger partial charge in [-0.05, 0) is 23.1 Å². The summed E-state index contributed by atoms with van der Waals surface area (Å²) in [4.78, 5) is 0. The van der Waals surface area contributed by atoms with Crippen molar-refractivity contribution in [3.8, 4) is 5.69 Å². The van der Waals surface area contributed by atoms with Crippen LogP contribution in [0.4, 0.5) is 13.2 Å². The third-order valence-corrected chi connectivity index (χ3v) is 4.18. The Labute approximate surface area is 133 Å². The summed E-state index contributed by atoms with van der Waals surface area (Å²) >= 11 is 0. The summed E-state index contributed by atoms with van der Waals surface area (Å²) in [5, 5.41) is 6.87. The number of halogens is 3. The maximum atomic E-state index is 13.2. The van der Waals surface area contributed by atoms with Crippen molar-refractivity contribution < 1.29 is 13.2 Å². The highest BCUT2D eigenvalue weighted by Gasteiger charge is 2.39. The summed E-state index contributed by atoms with van der Waals surface area (Å²) in [6.45, 7) is 7.18. The molecule has 0 fully saturated rings. The van der Waals surface area contributed by atoms with Gasteiger partial charge in [-0.15, -0.1) is 0 Å². The van der Waals surface area contributed by atoms with Crippen LogP contribution in [-0.4, -0.2) is 16.3 Å². The van der Waals surface area contributed by atoms with Gasteiger partial charge in [-0.1, -0.05) is 32.9 Å². The van der Waals surface area contributed by atoms with Crippen LogP contribution >= 0.6 is 0 Å². The Morgan fingerprint density at radius 2 is 1.74 bits per heavy atom. The van der Waals surface area contributed by atoms with Crippen LogP contribution in [0.15, 0.2) is 24.3 Å². The topological polar surface area (TPSA) is 29.9 Å². The highest BCUT2D eigenvalue weighted by atomic mass is 19.4. The third kappa shape index (κ3) is 3.00. The van der Waals surface area contributed by atoms with Crippen molar-refractivity contribution in [2.75, 3.05) is 6.54 Å². The van der Waals surface area contributed by atoms with E-state index in [0.717, 1.165) is 5.56 Å². The van der Waals surface area contributed by atoms with Gasteiger partial charge in [0.2, 0.25) is 0 Å². The standard InChI is InChI=1S/C17H20F3N3/c1-16(2,3)11-4-6-12(7-5-11)23-14-8-9-21-10-13(14)15(22-23)17(18,19)20/h4-7,21H,8-10H2,1-3H3. The number of aromatic nitrogens is 2. The molecular weight excluding hydrogens is 303 g/mol. The van der Waals surface area contributed by atoms with Crippen molar-refractivity contribution in [1.82, 2.24) is 15.1 Å². The molecule has 124 valence electrons. The smallest absolute Gasteiger partial charge is 0.312 e. The molecule has 0 saturated heterocycles. The van der Waals surface area contributed by atoms with E-state index in [0.29, 0.717) is 24.3 Å². The zero-order chi connectivity index (χ0) is 16.8. The molecule has 0 atom stereocenters. The number of rotatable bonds is 1. The van der Waals surface area contributed by atoms with E-state index >= 15 is 0 Å². The monoisotopic (exact) mass is 323 g/mol. The average Bonchev–Trinajstić information content (AvgIpc) is 2.86. The van der Waals surface area contributed by atoms with Gasteiger partial charge in [0.1, 0.15) is 0 Å². The minimum Gasteiger partial charge on any atom is -0.312 e. The number of benzene rings is 1. The first kappa shape index (κ1) is 16.1. The van der Waals surface area contributed by atoms with Crippen LogP contribution in [0.25, 0.3) is 5.69 Å². The molecule has 0 saturated carbocycles. The van der Waals surface area contributed by atoms with Crippen LogP contribution in [0.2, 0.25) is 0 Å². The summed E-state index contributed by atoms with van der Waals surface area (Å²) in [5.74, 6) is 0. The molecule has 23 heavy (non-hydrogen) atoms. The Balaban J connectivity index is 2.08. The second-order valence-electron chi connectivity index (χ2n) is 6.91. The molecule has 0 spiro atoms. The Hall–Kier alpha value is -1.82. The van der Waals surface area contributed by atoms with Crippen molar-refractivity contribution in [3.05, 3.63) is 46.8 Å². The molecule has 1 aromatic carbocycles. The van der Waals surface area contributed by atoms with Crippen LogP contribution < -0.4 is 5.32 Å². The van der Waals surface area contributed by atoms with Gasteiger partial charge < -0.3 is 5.32 Å². The second kappa shape index (κ2) is 5.37. The lowest BCUT2D eigenvalue weighted by Gasteiger charge is -2.20. The summed E-state index contributed by atoms with van der Waals surface area (Å²) in [7, 11) is 0. The largest absolute Gasteiger partial charge is 0.435 e. The van der Waals surface area contributed by atoms with Gasteiger partial charge in [0.25, 0.3) is 0 Å². The van der Waals surface area contributed by atoms with Crippen LogP contribution in [0.1, 0.15) is 43.3 Å². The lowest BCUT2D eigenvalue weighted by molar-refractivity contribution is -0.142. The zero-order valence-corrected chi connectivity index (χ0v) is 13.5. The van der Waals surface area contributed by atoms with Gasteiger partial charge >= 0.3 is 6.18 Å².